The number of thiocarbonyl (C=S) groups is 1. The molecule has 1 saturated heterocycles. The van der Waals surface area contributed by atoms with Gasteiger partial charge in [0.2, 0.25) is 0 Å². The van der Waals surface area contributed by atoms with Gasteiger partial charge in [0.25, 0.3) is 0 Å². The fourth-order valence-corrected chi connectivity index (χ4v) is 2.60. The van der Waals surface area contributed by atoms with E-state index in [0.717, 1.165) is 31.6 Å². The molecule has 4 nitrogen and oxygen atoms in total. The number of hydrogen-bond donors (Lipinski definition) is 2. The third kappa shape index (κ3) is 4.72. The molecule has 1 heterocycles. The largest absolute Gasteiger partial charge is 0.508 e. The number of phenolic OH excluding ortho intramolecular Hbond substituents is 1. The highest BCUT2D eigenvalue weighted by Gasteiger charge is 2.21. The molecule has 1 aromatic rings. The van der Waals surface area contributed by atoms with E-state index in [1.807, 2.05) is 23.1 Å². The van der Waals surface area contributed by atoms with Crippen LogP contribution in [-0.2, 0) is 11.3 Å². The first kappa shape index (κ1) is 15.8. The van der Waals surface area contributed by atoms with E-state index < -0.39 is 0 Å². The predicted molar refractivity (Wildman–Crippen MR) is 88.3 cm³/mol. The lowest BCUT2D eigenvalue weighted by atomic mass is 10.1. The van der Waals surface area contributed by atoms with Gasteiger partial charge in [-0.1, -0.05) is 24.3 Å². The molecule has 1 aliphatic heterocycles. The summed E-state index contributed by atoms with van der Waals surface area (Å²) in [4.78, 5) is 2.05. The van der Waals surface area contributed by atoms with Crippen LogP contribution in [0.25, 0.3) is 0 Å². The van der Waals surface area contributed by atoms with Crippen LogP contribution >= 0.6 is 12.2 Å². The van der Waals surface area contributed by atoms with Crippen LogP contribution in [-0.4, -0.2) is 40.9 Å². The first-order chi connectivity index (χ1) is 10.2. The number of nitrogens with one attached hydrogen (secondary N) is 1. The maximum atomic E-state index is 9.94. The highest BCUT2D eigenvalue weighted by Crippen LogP contribution is 2.20. The molecule has 1 atom stereocenters. The topological polar surface area (TPSA) is 44.7 Å². The van der Waals surface area contributed by atoms with Gasteiger partial charge in [-0.25, -0.2) is 0 Å². The molecule has 0 bridgehead atoms. The smallest absolute Gasteiger partial charge is 0.169 e. The average molecular weight is 306 g/mol. The zero-order chi connectivity index (χ0) is 15.1. The Morgan fingerprint density at radius 1 is 1.52 bits per heavy atom. The minimum atomic E-state index is 0.208. The van der Waals surface area contributed by atoms with Gasteiger partial charge in [0.1, 0.15) is 5.75 Å². The second kappa shape index (κ2) is 8.00. The molecule has 2 N–H and O–H groups in total. The van der Waals surface area contributed by atoms with Crippen molar-refractivity contribution in [2.45, 2.75) is 25.5 Å². The van der Waals surface area contributed by atoms with Crippen molar-refractivity contribution in [1.82, 2.24) is 10.2 Å². The lowest BCUT2D eigenvalue weighted by molar-refractivity contribution is 0.0896. The minimum absolute atomic E-state index is 0.208. The number of benzene rings is 1. The van der Waals surface area contributed by atoms with Crippen LogP contribution in [0.5, 0.6) is 5.75 Å². The number of phenols is 1. The van der Waals surface area contributed by atoms with Crippen LogP contribution in [0.3, 0.4) is 0 Å². The summed E-state index contributed by atoms with van der Waals surface area (Å²) in [6, 6.07) is 7.34. The van der Waals surface area contributed by atoms with E-state index in [1.165, 1.54) is 0 Å². The number of rotatable bonds is 6. The highest BCUT2D eigenvalue weighted by molar-refractivity contribution is 7.80. The predicted octanol–water partition coefficient (Wildman–Crippen LogP) is 2.43. The van der Waals surface area contributed by atoms with E-state index in [4.69, 9.17) is 17.0 Å². The van der Waals surface area contributed by atoms with Crippen LogP contribution < -0.4 is 5.32 Å². The van der Waals surface area contributed by atoms with E-state index in [-0.39, 0.29) is 6.10 Å². The molecular formula is C16H22N2O2S. The third-order valence-electron chi connectivity index (χ3n) is 3.49. The molecule has 21 heavy (non-hydrogen) atoms. The number of hydrogen-bond acceptors (Lipinski definition) is 3. The quantitative estimate of drug-likeness (QED) is 0.624. The maximum Gasteiger partial charge on any atom is 0.169 e. The fourth-order valence-electron chi connectivity index (χ4n) is 2.37. The zero-order valence-corrected chi connectivity index (χ0v) is 12.9. The number of ether oxygens (including phenoxy) is 1. The first-order valence-corrected chi connectivity index (χ1v) is 7.63. The molecule has 5 heteroatoms. The zero-order valence-electron chi connectivity index (χ0n) is 12.1. The van der Waals surface area contributed by atoms with E-state index in [2.05, 4.69) is 11.9 Å². The van der Waals surface area contributed by atoms with Gasteiger partial charge in [0, 0.05) is 31.8 Å². The number of para-hydroxylation sites is 1. The van der Waals surface area contributed by atoms with Crippen LogP contribution in [0.15, 0.2) is 36.9 Å². The number of aromatic hydroxyl groups is 1. The van der Waals surface area contributed by atoms with Gasteiger partial charge in [-0.2, -0.15) is 0 Å². The standard InChI is InChI=1S/C16H22N2O2S/c1-2-9-17-16(21)18(12-14-7-5-10-20-14)11-13-6-3-4-8-15(13)19/h2-4,6,8,14,19H,1,5,7,9-12H2,(H,17,21)/t14-/m1/s1. The Bertz CT molecular complexity index is 487. The lowest BCUT2D eigenvalue weighted by Crippen LogP contribution is -2.43. The molecule has 0 aromatic heterocycles. The summed E-state index contributed by atoms with van der Waals surface area (Å²) in [5.41, 5.74) is 0.859. The average Bonchev–Trinajstić information content (AvgIpc) is 2.99. The van der Waals surface area contributed by atoms with Crippen LogP contribution in [0.4, 0.5) is 0 Å². The molecule has 0 radical (unpaired) electrons. The molecule has 0 saturated carbocycles. The minimum Gasteiger partial charge on any atom is -0.508 e. The van der Waals surface area contributed by atoms with Crippen molar-refractivity contribution in [3.8, 4) is 5.75 Å². The molecule has 1 aromatic carbocycles. The molecule has 0 spiro atoms. The molecule has 0 unspecified atom stereocenters. The van der Waals surface area contributed by atoms with E-state index in [1.54, 1.807) is 12.1 Å². The second-order valence-corrected chi connectivity index (χ2v) is 5.51. The maximum absolute atomic E-state index is 9.94. The second-order valence-electron chi connectivity index (χ2n) is 5.12. The van der Waals surface area contributed by atoms with Crippen molar-refractivity contribution in [3.63, 3.8) is 0 Å². The summed E-state index contributed by atoms with van der Waals surface area (Å²) in [7, 11) is 0. The summed E-state index contributed by atoms with van der Waals surface area (Å²) in [5.74, 6) is 0.293. The fraction of sp³-hybridized carbons (Fsp3) is 0.438. The SMILES string of the molecule is C=CCNC(=S)N(Cc1ccccc1O)C[C@H]1CCCO1. The molecule has 1 aliphatic rings. The Morgan fingerprint density at radius 3 is 3.00 bits per heavy atom. The third-order valence-corrected chi connectivity index (χ3v) is 3.89. The Hall–Kier alpha value is -1.59. The summed E-state index contributed by atoms with van der Waals surface area (Å²) in [6.07, 6.45) is 4.14. The van der Waals surface area contributed by atoms with Gasteiger partial charge in [-0.15, -0.1) is 6.58 Å². The highest BCUT2D eigenvalue weighted by atomic mass is 32.1. The first-order valence-electron chi connectivity index (χ1n) is 7.23. The summed E-state index contributed by atoms with van der Waals surface area (Å²) >= 11 is 5.45. The van der Waals surface area contributed by atoms with Gasteiger partial charge >= 0.3 is 0 Å². The summed E-state index contributed by atoms with van der Waals surface area (Å²) < 4.78 is 5.69. The van der Waals surface area contributed by atoms with Crippen molar-refractivity contribution in [1.29, 1.82) is 0 Å². The van der Waals surface area contributed by atoms with Crippen molar-refractivity contribution >= 4 is 17.3 Å². The van der Waals surface area contributed by atoms with Crippen molar-refractivity contribution in [3.05, 3.63) is 42.5 Å². The molecule has 0 aliphatic carbocycles. The normalized spacial score (nSPS) is 17.4. The lowest BCUT2D eigenvalue weighted by Gasteiger charge is -2.28. The number of nitrogens with zero attached hydrogens (tertiary/aromatic N) is 1. The van der Waals surface area contributed by atoms with Gasteiger partial charge in [-0.05, 0) is 31.1 Å². The Kier molecular flexibility index (Phi) is 6.02. The Balaban J connectivity index is 2.04. The van der Waals surface area contributed by atoms with E-state index in [0.29, 0.717) is 24.0 Å². The molecule has 0 amide bonds. The summed E-state index contributed by atoms with van der Waals surface area (Å²) in [6.45, 7) is 6.43. The molecule has 114 valence electrons. The van der Waals surface area contributed by atoms with Crippen molar-refractivity contribution in [2.24, 2.45) is 0 Å². The van der Waals surface area contributed by atoms with Gasteiger partial charge in [-0.3, -0.25) is 0 Å². The Morgan fingerprint density at radius 2 is 2.33 bits per heavy atom. The molecule has 1 fully saturated rings. The van der Waals surface area contributed by atoms with Crippen LogP contribution in [0, 0.1) is 0 Å². The van der Waals surface area contributed by atoms with Crippen LogP contribution in [0.2, 0.25) is 0 Å². The van der Waals surface area contributed by atoms with Crippen molar-refractivity contribution < 1.29 is 9.84 Å². The van der Waals surface area contributed by atoms with E-state index in [9.17, 15) is 5.11 Å². The van der Waals surface area contributed by atoms with Crippen LogP contribution in [0.1, 0.15) is 18.4 Å². The van der Waals surface area contributed by atoms with Gasteiger partial charge < -0.3 is 20.1 Å². The molecular weight excluding hydrogens is 284 g/mol. The summed E-state index contributed by atoms with van der Waals surface area (Å²) in [5, 5.41) is 13.7. The van der Waals surface area contributed by atoms with Crippen molar-refractivity contribution in [2.75, 3.05) is 19.7 Å². The monoisotopic (exact) mass is 306 g/mol. The Labute approximate surface area is 131 Å². The van der Waals surface area contributed by atoms with Gasteiger partial charge in [0.05, 0.1) is 6.10 Å². The molecule has 2 rings (SSSR count). The van der Waals surface area contributed by atoms with E-state index >= 15 is 0 Å². The van der Waals surface area contributed by atoms with Gasteiger partial charge in [0.15, 0.2) is 5.11 Å².